The number of halogens is 7. The van der Waals surface area contributed by atoms with Crippen LogP contribution in [0, 0.1) is 25.2 Å². The Morgan fingerprint density at radius 2 is 1.63 bits per heavy atom. The van der Waals surface area contributed by atoms with Crippen molar-refractivity contribution in [3.8, 4) is 11.8 Å². The van der Waals surface area contributed by atoms with Crippen molar-refractivity contribution in [2.45, 2.75) is 26.2 Å². The smallest absolute Gasteiger partial charge is 0.320 e. The fourth-order valence-corrected chi connectivity index (χ4v) is 3.61. The molecule has 1 N–H and O–H groups in total. The molecule has 35 heavy (non-hydrogen) atoms. The molecule has 0 radical (unpaired) electrons. The van der Waals surface area contributed by atoms with Crippen molar-refractivity contribution >= 4 is 29.3 Å². The third-order valence-electron chi connectivity index (χ3n) is 5.11. The van der Waals surface area contributed by atoms with Crippen LogP contribution in [0.1, 0.15) is 28.1 Å². The largest absolute Gasteiger partial charge is 0.416 e. The van der Waals surface area contributed by atoms with Crippen molar-refractivity contribution in [1.29, 1.82) is 5.26 Å². The Hall–Kier alpha value is -3.71. The highest BCUT2D eigenvalue weighted by Crippen LogP contribution is 2.34. The Morgan fingerprint density at radius 3 is 2.23 bits per heavy atom. The predicted molar refractivity (Wildman–Crippen MR) is 119 cm³/mol. The molecule has 2 aromatic carbocycles. The molecule has 0 aliphatic rings. The SMILES string of the molecule is Cc1cc(/C=C(/C#N)C(=O)Nc2cc(C(F)(F)F)ccc2Cl)c(C)n1-c1cccc(C(F)(F)F)c1. The topological polar surface area (TPSA) is 57.8 Å². The molecule has 11 heteroatoms. The van der Waals surface area contributed by atoms with Crippen molar-refractivity contribution < 1.29 is 31.1 Å². The van der Waals surface area contributed by atoms with E-state index in [9.17, 15) is 36.4 Å². The van der Waals surface area contributed by atoms with Crippen molar-refractivity contribution in [1.82, 2.24) is 4.57 Å². The zero-order valence-electron chi connectivity index (χ0n) is 18.1. The number of hydrogen-bond donors (Lipinski definition) is 1. The van der Waals surface area contributed by atoms with E-state index in [0.717, 1.165) is 24.3 Å². The number of nitriles is 1. The van der Waals surface area contributed by atoms with E-state index in [4.69, 9.17) is 11.6 Å². The summed E-state index contributed by atoms with van der Waals surface area (Å²) >= 11 is 5.89. The van der Waals surface area contributed by atoms with Gasteiger partial charge in [-0.25, -0.2) is 0 Å². The number of hydrogen-bond acceptors (Lipinski definition) is 2. The number of aryl methyl sites for hydroxylation is 1. The van der Waals surface area contributed by atoms with Crippen LogP contribution < -0.4 is 5.32 Å². The van der Waals surface area contributed by atoms with E-state index in [2.05, 4.69) is 5.32 Å². The summed E-state index contributed by atoms with van der Waals surface area (Å²) in [5.41, 5.74) is -1.08. The average Bonchev–Trinajstić information content (AvgIpc) is 3.04. The third kappa shape index (κ3) is 5.69. The molecule has 0 spiro atoms. The summed E-state index contributed by atoms with van der Waals surface area (Å²) in [5, 5.41) is 11.5. The van der Waals surface area contributed by atoms with Gasteiger partial charge >= 0.3 is 12.4 Å². The monoisotopic (exact) mass is 511 g/mol. The van der Waals surface area contributed by atoms with Gasteiger partial charge in [-0.05, 0) is 68.0 Å². The van der Waals surface area contributed by atoms with Gasteiger partial charge in [0.2, 0.25) is 0 Å². The number of carbonyl (C=O) groups excluding carboxylic acids is 1. The standard InChI is InChI=1S/C24H16ClF6N3O/c1-13-8-15(14(2)34(13)19-5-3-4-17(10-19)23(26,27)28)9-16(12-32)22(35)33-21-11-18(24(29,30)31)6-7-20(21)25/h3-11H,1-2H3,(H,33,35)/b16-9-. The lowest BCUT2D eigenvalue weighted by Crippen LogP contribution is -2.15. The number of alkyl halides is 6. The zero-order chi connectivity index (χ0) is 26.1. The Balaban J connectivity index is 1.96. The van der Waals surface area contributed by atoms with E-state index >= 15 is 0 Å². The highest BCUT2D eigenvalue weighted by molar-refractivity contribution is 6.34. The number of nitrogens with one attached hydrogen (secondary N) is 1. The minimum absolute atomic E-state index is 0.161. The van der Waals surface area contributed by atoms with Gasteiger partial charge in [-0.3, -0.25) is 4.79 Å². The summed E-state index contributed by atoms with van der Waals surface area (Å²) in [5.74, 6) is -1.00. The summed E-state index contributed by atoms with van der Waals surface area (Å²) in [7, 11) is 0. The molecule has 0 fully saturated rings. The van der Waals surface area contributed by atoms with Crippen LogP contribution in [0.15, 0.2) is 54.1 Å². The lowest BCUT2D eigenvalue weighted by atomic mass is 10.1. The first-order valence-electron chi connectivity index (χ1n) is 9.89. The van der Waals surface area contributed by atoms with Gasteiger partial charge in [-0.15, -0.1) is 0 Å². The lowest BCUT2D eigenvalue weighted by molar-refractivity contribution is -0.138. The highest BCUT2D eigenvalue weighted by atomic mass is 35.5. The number of nitrogens with zero attached hydrogens (tertiary/aromatic N) is 2. The molecule has 4 nitrogen and oxygen atoms in total. The molecule has 0 aliphatic heterocycles. The van der Waals surface area contributed by atoms with Crippen molar-refractivity contribution in [2.24, 2.45) is 0 Å². The first kappa shape index (κ1) is 25.9. The van der Waals surface area contributed by atoms with Gasteiger partial charge in [0.15, 0.2) is 0 Å². The van der Waals surface area contributed by atoms with Gasteiger partial charge < -0.3 is 9.88 Å². The van der Waals surface area contributed by atoms with Crippen LogP contribution in [0.2, 0.25) is 5.02 Å². The average molecular weight is 512 g/mol. The van der Waals surface area contributed by atoms with Crippen molar-refractivity contribution in [3.05, 3.63) is 87.2 Å². The minimum atomic E-state index is -4.67. The molecular weight excluding hydrogens is 496 g/mol. The molecule has 182 valence electrons. The van der Waals surface area contributed by atoms with Gasteiger partial charge in [0.05, 0.1) is 21.8 Å². The molecule has 0 unspecified atom stereocenters. The highest BCUT2D eigenvalue weighted by Gasteiger charge is 2.32. The fraction of sp³-hybridized carbons (Fsp3) is 0.167. The van der Waals surface area contributed by atoms with E-state index in [1.165, 1.54) is 22.8 Å². The summed E-state index contributed by atoms with van der Waals surface area (Å²) in [6.45, 7) is 3.23. The minimum Gasteiger partial charge on any atom is -0.320 e. The molecule has 0 aliphatic carbocycles. The van der Waals surface area contributed by atoms with Gasteiger partial charge in [-0.2, -0.15) is 31.6 Å². The zero-order valence-corrected chi connectivity index (χ0v) is 18.9. The second-order valence-electron chi connectivity index (χ2n) is 7.53. The Morgan fingerprint density at radius 1 is 1.00 bits per heavy atom. The maximum atomic E-state index is 13.1. The van der Waals surface area contributed by atoms with Crippen LogP contribution in [0.4, 0.5) is 32.0 Å². The van der Waals surface area contributed by atoms with Crippen molar-refractivity contribution in [2.75, 3.05) is 5.32 Å². The maximum Gasteiger partial charge on any atom is 0.416 e. The number of anilines is 1. The Labute approximate surface area is 201 Å². The van der Waals surface area contributed by atoms with Crippen molar-refractivity contribution in [3.63, 3.8) is 0 Å². The Kier molecular flexibility index (Phi) is 7.03. The third-order valence-corrected chi connectivity index (χ3v) is 5.44. The van der Waals surface area contributed by atoms with Gasteiger partial charge in [0.1, 0.15) is 11.6 Å². The van der Waals surface area contributed by atoms with Gasteiger partial charge in [0.25, 0.3) is 5.91 Å². The summed E-state index contributed by atoms with van der Waals surface area (Å²) in [6, 6.07) is 10.3. The molecule has 0 saturated carbocycles. The molecule has 3 aromatic rings. The first-order chi connectivity index (χ1) is 16.2. The first-order valence-corrected chi connectivity index (χ1v) is 10.3. The quantitative estimate of drug-likeness (QED) is 0.226. The number of rotatable bonds is 4. The van der Waals surface area contributed by atoms with E-state index in [-0.39, 0.29) is 16.4 Å². The van der Waals surface area contributed by atoms with Crippen LogP contribution in [0.3, 0.4) is 0 Å². The molecule has 0 atom stereocenters. The summed E-state index contributed by atoms with van der Waals surface area (Å²) in [4.78, 5) is 12.6. The normalized spacial score (nSPS) is 12.4. The van der Waals surface area contributed by atoms with E-state index in [1.807, 2.05) is 0 Å². The maximum absolute atomic E-state index is 13.1. The number of benzene rings is 2. The Bertz CT molecular complexity index is 1360. The summed E-state index contributed by atoms with van der Waals surface area (Å²) < 4.78 is 79.8. The van der Waals surface area contributed by atoms with E-state index in [1.54, 1.807) is 26.0 Å². The van der Waals surface area contributed by atoms with Crippen LogP contribution >= 0.6 is 11.6 Å². The molecule has 1 amide bonds. The second-order valence-corrected chi connectivity index (χ2v) is 7.93. The van der Waals surface area contributed by atoms with Crippen LogP contribution in [0.25, 0.3) is 11.8 Å². The molecule has 3 rings (SSSR count). The van der Waals surface area contributed by atoms with E-state index < -0.39 is 35.0 Å². The molecule has 0 bridgehead atoms. The number of amides is 1. The van der Waals surface area contributed by atoms with Crippen LogP contribution in [0.5, 0.6) is 0 Å². The number of carbonyl (C=O) groups is 1. The number of aromatic nitrogens is 1. The molecule has 0 saturated heterocycles. The van der Waals surface area contributed by atoms with Gasteiger partial charge in [0, 0.05) is 17.1 Å². The molecule has 1 aromatic heterocycles. The lowest BCUT2D eigenvalue weighted by Gasteiger charge is -2.13. The van der Waals surface area contributed by atoms with Crippen LogP contribution in [-0.4, -0.2) is 10.5 Å². The summed E-state index contributed by atoms with van der Waals surface area (Å²) in [6.07, 6.45) is -8.01. The molecule has 1 heterocycles. The van der Waals surface area contributed by atoms with Crippen LogP contribution in [-0.2, 0) is 17.1 Å². The fourth-order valence-electron chi connectivity index (χ4n) is 3.44. The second kappa shape index (κ2) is 9.50. The van der Waals surface area contributed by atoms with E-state index in [0.29, 0.717) is 23.0 Å². The van der Waals surface area contributed by atoms with Gasteiger partial charge in [-0.1, -0.05) is 17.7 Å². The predicted octanol–water partition coefficient (Wildman–Crippen LogP) is 7.33. The molecular formula is C24H16ClF6N3O.